The number of nitrogens with zero attached hydrogens (tertiary/aromatic N) is 4. The van der Waals surface area contributed by atoms with Crippen LogP contribution in [0.1, 0.15) is 36.9 Å². The van der Waals surface area contributed by atoms with Crippen molar-refractivity contribution in [1.29, 1.82) is 0 Å². The average molecular weight is 299 g/mol. The third kappa shape index (κ3) is 3.33. The average Bonchev–Trinajstić information content (AvgIpc) is 3.10. The molecule has 6 heteroatoms. The molecule has 6 nitrogen and oxygen atoms in total. The van der Waals surface area contributed by atoms with Crippen molar-refractivity contribution in [1.82, 2.24) is 19.7 Å². The van der Waals surface area contributed by atoms with Gasteiger partial charge in [-0.05, 0) is 18.4 Å². The fourth-order valence-corrected chi connectivity index (χ4v) is 2.94. The molecule has 1 amide bonds. The Labute approximate surface area is 129 Å². The molecular weight excluding hydrogens is 278 g/mol. The number of amides is 1. The summed E-state index contributed by atoms with van der Waals surface area (Å²) in [5.74, 6) is 0.112. The van der Waals surface area contributed by atoms with Crippen molar-refractivity contribution in [2.24, 2.45) is 5.73 Å². The van der Waals surface area contributed by atoms with Gasteiger partial charge in [-0.2, -0.15) is 5.10 Å². The molecule has 0 aliphatic carbocycles. The first-order valence-corrected chi connectivity index (χ1v) is 7.66. The number of carbonyl (C=O) groups is 1. The minimum Gasteiger partial charge on any atom is -0.340 e. The number of piperidine rings is 1. The van der Waals surface area contributed by atoms with E-state index in [1.54, 1.807) is 6.33 Å². The Kier molecular flexibility index (Phi) is 4.48. The van der Waals surface area contributed by atoms with Crippen molar-refractivity contribution < 1.29 is 4.79 Å². The number of likely N-dealkylation sites (tertiary alicyclic amines) is 1. The van der Waals surface area contributed by atoms with E-state index < -0.39 is 0 Å². The summed E-state index contributed by atoms with van der Waals surface area (Å²) in [6.07, 6.45) is 5.60. The second-order valence-electron chi connectivity index (χ2n) is 5.73. The fourth-order valence-electron chi connectivity index (χ4n) is 2.94. The summed E-state index contributed by atoms with van der Waals surface area (Å²) >= 11 is 0. The number of hydrogen-bond acceptors (Lipinski definition) is 4. The Morgan fingerprint density at radius 2 is 2.18 bits per heavy atom. The number of rotatable bonds is 4. The van der Waals surface area contributed by atoms with Crippen LogP contribution in [0.25, 0.3) is 0 Å². The SMILES string of the molecule is NC(CC(=O)N1CCCC(n2cncn2)C1)c1ccccc1. The Hall–Kier alpha value is -2.21. The van der Waals surface area contributed by atoms with Gasteiger partial charge in [0.1, 0.15) is 12.7 Å². The monoisotopic (exact) mass is 299 g/mol. The normalized spacial score (nSPS) is 19.9. The van der Waals surface area contributed by atoms with Crippen LogP contribution in [-0.2, 0) is 4.79 Å². The molecule has 1 saturated heterocycles. The molecule has 2 atom stereocenters. The van der Waals surface area contributed by atoms with Crippen LogP contribution < -0.4 is 5.73 Å². The molecule has 1 aromatic carbocycles. The van der Waals surface area contributed by atoms with Gasteiger partial charge in [0.15, 0.2) is 0 Å². The van der Waals surface area contributed by atoms with E-state index in [9.17, 15) is 4.79 Å². The number of nitrogens with two attached hydrogens (primary N) is 1. The summed E-state index contributed by atoms with van der Waals surface area (Å²) < 4.78 is 1.84. The molecule has 2 aromatic rings. The van der Waals surface area contributed by atoms with Crippen LogP contribution in [0.4, 0.5) is 0 Å². The lowest BCUT2D eigenvalue weighted by Gasteiger charge is -2.33. The maximum Gasteiger partial charge on any atom is 0.224 e. The molecule has 3 rings (SSSR count). The number of hydrogen-bond donors (Lipinski definition) is 1. The van der Waals surface area contributed by atoms with Crippen LogP contribution in [-0.4, -0.2) is 38.7 Å². The smallest absolute Gasteiger partial charge is 0.224 e. The summed E-state index contributed by atoms with van der Waals surface area (Å²) in [5, 5.41) is 4.19. The molecule has 1 fully saturated rings. The van der Waals surface area contributed by atoms with Gasteiger partial charge in [-0.1, -0.05) is 30.3 Å². The van der Waals surface area contributed by atoms with Gasteiger partial charge in [0.25, 0.3) is 0 Å². The van der Waals surface area contributed by atoms with E-state index in [0.717, 1.165) is 24.9 Å². The Morgan fingerprint density at radius 3 is 2.91 bits per heavy atom. The highest BCUT2D eigenvalue weighted by Gasteiger charge is 2.26. The van der Waals surface area contributed by atoms with Crippen molar-refractivity contribution in [3.8, 4) is 0 Å². The largest absolute Gasteiger partial charge is 0.340 e. The maximum absolute atomic E-state index is 12.5. The fraction of sp³-hybridized carbons (Fsp3) is 0.438. The summed E-state index contributed by atoms with van der Waals surface area (Å²) in [4.78, 5) is 18.4. The molecule has 0 saturated carbocycles. The summed E-state index contributed by atoms with van der Waals surface area (Å²) in [6.45, 7) is 1.48. The summed E-state index contributed by atoms with van der Waals surface area (Å²) in [7, 11) is 0. The van der Waals surface area contributed by atoms with E-state index in [0.29, 0.717) is 13.0 Å². The van der Waals surface area contributed by atoms with Crippen LogP contribution >= 0.6 is 0 Å². The summed E-state index contributed by atoms with van der Waals surface area (Å²) in [5.41, 5.74) is 7.16. The molecule has 22 heavy (non-hydrogen) atoms. The first-order chi connectivity index (χ1) is 10.7. The van der Waals surface area contributed by atoms with Gasteiger partial charge in [-0.15, -0.1) is 0 Å². The Balaban J connectivity index is 1.60. The van der Waals surface area contributed by atoms with Crippen LogP contribution in [0.15, 0.2) is 43.0 Å². The standard InChI is InChI=1S/C16H21N5O/c17-15(13-5-2-1-3-6-13)9-16(22)20-8-4-7-14(10-20)21-12-18-11-19-21/h1-3,5-6,11-12,14-15H,4,7-10,17H2. The Morgan fingerprint density at radius 1 is 1.36 bits per heavy atom. The van der Waals surface area contributed by atoms with E-state index in [-0.39, 0.29) is 18.0 Å². The Bertz CT molecular complexity index is 598. The predicted octanol–water partition coefficient (Wildman–Crippen LogP) is 1.53. The van der Waals surface area contributed by atoms with Crippen molar-refractivity contribution >= 4 is 5.91 Å². The van der Waals surface area contributed by atoms with Gasteiger partial charge in [0.2, 0.25) is 5.91 Å². The number of carbonyl (C=O) groups excluding carboxylic acids is 1. The highest BCUT2D eigenvalue weighted by Crippen LogP contribution is 2.22. The van der Waals surface area contributed by atoms with E-state index in [1.165, 1.54) is 6.33 Å². The minimum absolute atomic E-state index is 0.112. The molecule has 0 spiro atoms. The third-order valence-corrected chi connectivity index (χ3v) is 4.18. The third-order valence-electron chi connectivity index (χ3n) is 4.18. The zero-order chi connectivity index (χ0) is 15.4. The van der Waals surface area contributed by atoms with Crippen LogP contribution in [0.5, 0.6) is 0 Å². The van der Waals surface area contributed by atoms with Crippen molar-refractivity contribution in [3.63, 3.8) is 0 Å². The summed E-state index contributed by atoms with van der Waals surface area (Å²) in [6, 6.07) is 9.74. The highest BCUT2D eigenvalue weighted by molar-refractivity contribution is 5.77. The second-order valence-corrected chi connectivity index (χ2v) is 5.73. The molecule has 2 N–H and O–H groups in total. The first-order valence-electron chi connectivity index (χ1n) is 7.66. The van der Waals surface area contributed by atoms with Gasteiger partial charge >= 0.3 is 0 Å². The van der Waals surface area contributed by atoms with Crippen molar-refractivity contribution in [2.75, 3.05) is 13.1 Å². The maximum atomic E-state index is 12.5. The van der Waals surface area contributed by atoms with Crippen LogP contribution in [0.2, 0.25) is 0 Å². The second kappa shape index (κ2) is 6.70. The van der Waals surface area contributed by atoms with Crippen LogP contribution in [0, 0.1) is 0 Å². The molecule has 0 radical (unpaired) electrons. The van der Waals surface area contributed by atoms with Crippen molar-refractivity contribution in [2.45, 2.75) is 31.3 Å². The van der Waals surface area contributed by atoms with Gasteiger partial charge in [0.05, 0.1) is 6.04 Å². The molecule has 116 valence electrons. The lowest BCUT2D eigenvalue weighted by Crippen LogP contribution is -2.41. The predicted molar refractivity (Wildman–Crippen MR) is 82.9 cm³/mol. The lowest BCUT2D eigenvalue weighted by atomic mass is 10.0. The molecule has 1 aliphatic heterocycles. The zero-order valence-corrected chi connectivity index (χ0v) is 12.5. The first kappa shape index (κ1) is 14.7. The molecule has 1 aromatic heterocycles. The number of aromatic nitrogens is 3. The molecule has 1 aliphatic rings. The van der Waals surface area contributed by atoms with E-state index in [2.05, 4.69) is 10.1 Å². The van der Waals surface area contributed by atoms with E-state index in [1.807, 2.05) is 39.9 Å². The van der Waals surface area contributed by atoms with Gasteiger partial charge < -0.3 is 10.6 Å². The molecular formula is C16H21N5O. The quantitative estimate of drug-likeness (QED) is 0.929. The molecule has 0 bridgehead atoms. The van der Waals surface area contributed by atoms with Crippen LogP contribution in [0.3, 0.4) is 0 Å². The zero-order valence-electron chi connectivity index (χ0n) is 12.5. The minimum atomic E-state index is -0.250. The highest BCUT2D eigenvalue weighted by atomic mass is 16.2. The van der Waals surface area contributed by atoms with Gasteiger partial charge in [-0.25, -0.2) is 9.67 Å². The van der Waals surface area contributed by atoms with Gasteiger partial charge in [-0.3, -0.25) is 4.79 Å². The molecule has 2 unspecified atom stereocenters. The van der Waals surface area contributed by atoms with Gasteiger partial charge in [0, 0.05) is 25.6 Å². The molecule has 2 heterocycles. The van der Waals surface area contributed by atoms with E-state index in [4.69, 9.17) is 5.73 Å². The number of benzene rings is 1. The van der Waals surface area contributed by atoms with E-state index >= 15 is 0 Å². The topological polar surface area (TPSA) is 77.0 Å². The lowest BCUT2D eigenvalue weighted by molar-refractivity contribution is -0.133. The van der Waals surface area contributed by atoms with Crippen molar-refractivity contribution in [3.05, 3.63) is 48.5 Å².